The lowest BCUT2D eigenvalue weighted by Crippen LogP contribution is -2.17. The van der Waals surface area contributed by atoms with E-state index in [1.54, 1.807) is 0 Å². The minimum absolute atomic E-state index is 0.0495. The van der Waals surface area contributed by atoms with Crippen molar-refractivity contribution in [3.8, 4) is 0 Å². The highest BCUT2D eigenvalue weighted by molar-refractivity contribution is 9.10. The molecule has 1 aromatic heterocycles. The fourth-order valence-corrected chi connectivity index (χ4v) is 3.09. The van der Waals surface area contributed by atoms with Crippen LogP contribution in [-0.2, 0) is 22.0 Å². The second-order valence-electron chi connectivity index (χ2n) is 2.84. The largest absolute Gasteiger partial charge is 0.453 e. The summed E-state index contributed by atoms with van der Waals surface area (Å²) in [5.41, 5.74) is 1.01. The zero-order chi connectivity index (χ0) is 8.77. The number of sulfone groups is 1. The first-order valence-electron chi connectivity index (χ1n) is 3.54. The van der Waals surface area contributed by atoms with E-state index in [0.717, 1.165) is 5.56 Å². The number of halogens is 1. The zero-order valence-corrected chi connectivity index (χ0v) is 8.61. The summed E-state index contributed by atoms with van der Waals surface area (Å²) in [5.74, 6) is 0.882. The van der Waals surface area contributed by atoms with Crippen LogP contribution in [0.5, 0.6) is 0 Å². The smallest absolute Gasteiger partial charge is 0.169 e. The molecule has 0 N–H and O–H groups in total. The second kappa shape index (κ2) is 2.60. The zero-order valence-electron chi connectivity index (χ0n) is 6.21. The van der Waals surface area contributed by atoms with Gasteiger partial charge in [-0.2, -0.15) is 0 Å². The van der Waals surface area contributed by atoms with E-state index < -0.39 is 9.84 Å². The van der Waals surface area contributed by atoms with Crippen molar-refractivity contribution in [3.05, 3.63) is 22.1 Å². The Kier molecular flexibility index (Phi) is 1.80. The molecule has 1 aliphatic heterocycles. The summed E-state index contributed by atoms with van der Waals surface area (Å²) in [5, 5.41) is 0. The average Bonchev–Trinajstić information content (AvgIpc) is 2.26. The standard InChI is InChI=1S/C7H7BrO3S/c8-7-3-5-1-2-12(9,10)4-6(5)11-7/h3H,1-2,4H2. The van der Waals surface area contributed by atoms with Crippen LogP contribution in [0, 0.1) is 0 Å². The van der Waals surface area contributed by atoms with Gasteiger partial charge in [0.25, 0.3) is 0 Å². The molecule has 0 fully saturated rings. The van der Waals surface area contributed by atoms with E-state index in [1.807, 2.05) is 6.07 Å². The van der Waals surface area contributed by atoms with E-state index in [0.29, 0.717) is 16.9 Å². The van der Waals surface area contributed by atoms with Crippen molar-refractivity contribution in [1.29, 1.82) is 0 Å². The van der Waals surface area contributed by atoms with Gasteiger partial charge in [-0.15, -0.1) is 0 Å². The third kappa shape index (κ3) is 1.43. The molecule has 0 bridgehead atoms. The molecule has 0 unspecified atom stereocenters. The van der Waals surface area contributed by atoms with Crippen LogP contribution in [0.2, 0.25) is 0 Å². The summed E-state index contributed by atoms with van der Waals surface area (Å²) in [4.78, 5) is 0. The van der Waals surface area contributed by atoms with Crippen LogP contribution in [-0.4, -0.2) is 14.2 Å². The second-order valence-corrected chi connectivity index (χ2v) is 5.81. The van der Waals surface area contributed by atoms with Crippen LogP contribution in [0.4, 0.5) is 0 Å². The van der Waals surface area contributed by atoms with Gasteiger partial charge in [-0.25, -0.2) is 8.42 Å². The third-order valence-electron chi connectivity index (χ3n) is 1.90. The van der Waals surface area contributed by atoms with Gasteiger partial charge < -0.3 is 4.42 Å². The first-order valence-corrected chi connectivity index (χ1v) is 6.16. The van der Waals surface area contributed by atoms with Crippen LogP contribution < -0.4 is 0 Å². The monoisotopic (exact) mass is 250 g/mol. The van der Waals surface area contributed by atoms with Gasteiger partial charge in [0.1, 0.15) is 11.5 Å². The predicted octanol–water partition coefficient (Wildman–Crippen LogP) is 1.51. The molecule has 12 heavy (non-hydrogen) atoms. The molecule has 66 valence electrons. The number of hydrogen-bond donors (Lipinski definition) is 0. The highest BCUT2D eigenvalue weighted by Gasteiger charge is 2.24. The molecule has 0 aliphatic carbocycles. The van der Waals surface area contributed by atoms with Crippen molar-refractivity contribution in [3.63, 3.8) is 0 Å². The Balaban J connectivity index is 2.47. The number of aryl methyl sites for hydroxylation is 1. The third-order valence-corrected chi connectivity index (χ3v) is 3.82. The lowest BCUT2D eigenvalue weighted by atomic mass is 10.2. The van der Waals surface area contributed by atoms with Gasteiger partial charge in [-0.1, -0.05) is 0 Å². The summed E-state index contributed by atoms with van der Waals surface area (Å²) in [6.07, 6.45) is 0.576. The van der Waals surface area contributed by atoms with Gasteiger partial charge in [-0.3, -0.25) is 0 Å². The van der Waals surface area contributed by atoms with Gasteiger partial charge in [0.05, 0.1) is 5.75 Å². The lowest BCUT2D eigenvalue weighted by molar-refractivity contribution is 0.493. The van der Waals surface area contributed by atoms with Crippen molar-refractivity contribution >= 4 is 25.8 Å². The predicted molar refractivity (Wildman–Crippen MR) is 47.6 cm³/mol. The minimum atomic E-state index is -2.90. The molecule has 0 spiro atoms. The molecule has 0 aromatic carbocycles. The molecule has 2 heterocycles. The topological polar surface area (TPSA) is 47.3 Å². The Hall–Kier alpha value is -0.290. The van der Waals surface area contributed by atoms with Gasteiger partial charge in [0.15, 0.2) is 14.5 Å². The lowest BCUT2D eigenvalue weighted by Gasteiger charge is -2.09. The number of rotatable bonds is 0. The maximum absolute atomic E-state index is 11.1. The molecule has 0 saturated heterocycles. The van der Waals surface area contributed by atoms with Crippen LogP contribution in [0.1, 0.15) is 11.3 Å². The van der Waals surface area contributed by atoms with Crippen molar-refractivity contribution in [2.45, 2.75) is 12.2 Å². The first-order chi connectivity index (χ1) is 5.57. The van der Waals surface area contributed by atoms with Crippen LogP contribution in [0.15, 0.2) is 15.2 Å². The molecule has 3 nitrogen and oxygen atoms in total. The summed E-state index contributed by atoms with van der Waals surface area (Å²) >= 11 is 3.17. The van der Waals surface area contributed by atoms with E-state index in [2.05, 4.69) is 15.9 Å². The first kappa shape index (κ1) is 8.31. The molecule has 0 atom stereocenters. The Labute approximate surface area is 78.8 Å². The maximum Gasteiger partial charge on any atom is 0.169 e. The minimum Gasteiger partial charge on any atom is -0.453 e. The number of furan rings is 1. The number of hydrogen-bond acceptors (Lipinski definition) is 3. The summed E-state index contributed by atoms with van der Waals surface area (Å²) in [7, 11) is -2.90. The molecule has 0 radical (unpaired) electrons. The molecule has 0 saturated carbocycles. The Morgan fingerprint density at radius 3 is 3.00 bits per heavy atom. The molecule has 2 rings (SSSR count). The van der Waals surface area contributed by atoms with E-state index in [-0.39, 0.29) is 11.5 Å². The fourth-order valence-electron chi connectivity index (χ4n) is 1.30. The van der Waals surface area contributed by atoms with Crippen molar-refractivity contribution in [2.75, 3.05) is 5.75 Å². The molecule has 1 aromatic rings. The van der Waals surface area contributed by atoms with Gasteiger partial charge >= 0.3 is 0 Å². The van der Waals surface area contributed by atoms with Crippen LogP contribution in [0.3, 0.4) is 0 Å². The molecule has 5 heteroatoms. The summed E-state index contributed by atoms with van der Waals surface area (Å²) < 4.78 is 28.1. The average molecular weight is 251 g/mol. The molecular weight excluding hydrogens is 244 g/mol. The van der Waals surface area contributed by atoms with E-state index >= 15 is 0 Å². The molecule has 0 amide bonds. The van der Waals surface area contributed by atoms with Crippen molar-refractivity contribution in [1.82, 2.24) is 0 Å². The van der Waals surface area contributed by atoms with E-state index in [1.165, 1.54) is 0 Å². The van der Waals surface area contributed by atoms with Gasteiger partial charge in [0, 0.05) is 0 Å². The highest BCUT2D eigenvalue weighted by Crippen LogP contribution is 2.26. The summed E-state index contributed by atoms with van der Waals surface area (Å²) in [6, 6.07) is 1.84. The molecule has 1 aliphatic rings. The summed E-state index contributed by atoms with van der Waals surface area (Å²) in [6.45, 7) is 0. The Morgan fingerprint density at radius 2 is 2.25 bits per heavy atom. The van der Waals surface area contributed by atoms with Crippen molar-refractivity contribution in [2.24, 2.45) is 0 Å². The quantitative estimate of drug-likeness (QED) is 0.702. The van der Waals surface area contributed by atoms with Crippen LogP contribution in [0.25, 0.3) is 0 Å². The fraction of sp³-hybridized carbons (Fsp3) is 0.429. The highest BCUT2D eigenvalue weighted by atomic mass is 79.9. The number of fused-ring (bicyclic) bond motifs is 1. The van der Waals surface area contributed by atoms with Crippen molar-refractivity contribution < 1.29 is 12.8 Å². The molecular formula is C7H7BrO3S. The van der Waals surface area contributed by atoms with Crippen LogP contribution >= 0.6 is 15.9 Å². The Bertz CT molecular complexity index is 404. The van der Waals surface area contributed by atoms with Gasteiger partial charge in [-0.05, 0) is 34.0 Å². The van der Waals surface area contributed by atoms with E-state index in [4.69, 9.17) is 4.42 Å². The van der Waals surface area contributed by atoms with E-state index in [9.17, 15) is 8.42 Å². The normalized spacial score (nSPS) is 20.4. The Morgan fingerprint density at radius 1 is 1.50 bits per heavy atom. The maximum atomic E-state index is 11.1. The van der Waals surface area contributed by atoms with Gasteiger partial charge in [0.2, 0.25) is 0 Å². The SMILES string of the molecule is O=S1(=O)CCc2cc(Br)oc2C1.